The van der Waals surface area contributed by atoms with Gasteiger partial charge in [0.25, 0.3) is 11.0 Å². The smallest absolute Gasteiger partial charge is 0.452 e. The number of hydrogen-bond donors (Lipinski definition) is 1. The van der Waals surface area contributed by atoms with E-state index in [1.165, 1.54) is 0 Å². The molecule has 0 aromatic carbocycles. The van der Waals surface area contributed by atoms with Crippen LogP contribution < -0.4 is 10.1 Å². The van der Waals surface area contributed by atoms with Gasteiger partial charge in [0.05, 0.1) is 0 Å². The zero-order valence-corrected chi connectivity index (χ0v) is 8.95. The molecule has 0 saturated heterocycles. The number of alkyl halides is 3. The van der Waals surface area contributed by atoms with E-state index in [1.807, 2.05) is 0 Å². The monoisotopic (exact) mass is 241 g/mol. The molecule has 1 heterocycles. The third kappa shape index (κ3) is 3.63. The molecular formula is C7H10F3N3OS. The molecule has 1 atom stereocenters. The maximum Gasteiger partial charge on any atom is 0.452 e. The predicted octanol–water partition coefficient (Wildman–Crippen LogP) is 1.54. The summed E-state index contributed by atoms with van der Waals surface area (Å²) in [7, 11) is 1.72. The molecule has 0 amide bonds. The van der Waals surface area contributed by atoms with Gasteiger partial charge in [-0.1, -0.05) is 0 Å². The molecule has 1 aromatic rings. The summed E-state index contributed by atoms with van der Waals surface area (Å²) in [4.78, 5) is 3.24. The Hall–Kier alpha value is -0.890. The van der Waals surface area contributed by atoms with Gasteiger partial charge in [-0.25, -0.2) is 0 Å². The minimum Gasteiger partial charge on any atom is -0.465 e. The van der Waals surface area contributed by atoms with Gasteiger partial charge in [0.1, 0.15) is 6.10 Å². The minimum absolute atomic E-state index is 0.0647. The van der Waals surface area contributed by atoms with Gasteiger partial charge in [-0.15, -0.1) is 0 Å². The van der Waals surface area contributed by atoms with Crippen LogP contribution in [-0.4, -0.2) is 29.1 Å². The van der Waals surface area contributed by atoms with E-state index in [4.69, 9.17) is 4.74 Å². The van der Waals surface area contributed by atoms with Gasteiger partial charge in [0.15, 0.2) is 0 Å². The fraction of sp³-hybridized carbons (Fsp3) is 0.714. The van der Waals surface area contributed by atoms with Crippen molar-refractivity contribution in [2.24, 2.45) is 0 Å². The molecule has 0 aliphatic carbocycles. The van der Waals surface area contributed by atoms with Gasteiger partial charge >= 0.3 is 6.18 Å². The second kappa shape index (κ2) is 4.75. The number of halogens is 3. The second-order valence-electron chi connectivity index (χ2n) is 2.87. The summed E-state index contributed by atoms with van der Waals surface area (Å²) in [5.74, 6) is -1.15. The molecule has 15 heavy (non-hydrogen) atoms. The third-order valence-corrected chi connectivity index (χ3v) is 2.06. The quantitative estimate of drug-likeness (QED) is 0.868. The van der Waals surface area contributed by atoms with Crippen LogP contribution in [0, 0.1) is 0 Å². The van der Waals surface area contributed by atoms with Crippen LogP contribution in [0.4, 0.5) is 13.2 Å². The van der Waals surface area contributed by atoms with E-state index in [1.54, 1.807) is 14.0 Å². The van der Waals surface area contributed by atoms with Crippen molar-refractivity contribution < 1.29 is 17.9 Å². The molecule has 0 fully saturated rings. The molecule has 1 rings (SSSR count). The summed E-state index contributed by atoms with van der Waals surface area (Å²) in [6.45, 7) is 2.26. The highest BCUT2D eigenvalue weighted by molar-refractivity contribution is 7.07. The summed E-state index contributed by atoms with van der Waals surface area (Å²) in [6, 6.07) is 0. The topological polar surface area (TPSA) is 47.0 Å². The number of nitrogens with one attached hydrogen (secondary N) is 1. The Morgan fingerprint density at radius 1 is 1.53 bits per heavy atom. The van der Waals surface area contributed by atoms with Crippen LogP contribution in [0.1, 0.15) is 12.7 Å². The Balaban J connectivity index is 2.61. The molecule has 0 aliphatic rings. The molecule has 0 aliphatic heterocycles. The van der Waals surface area contributed by atoms with E-state index in [0.717, 1.165) is 0 Å². The summed E-state index contributed by atoms with van der Waals surface area (Å²) in [5, 5.41) is 2.77. The fourth-order valence-corrected chi connectivity index (χ4v) is 1.52. The maximum absolute atomic E-state index is 12.1. The predicted molar refractivity (Wildman–Crippen MR) is 48.9 cm³/mol. The van der Waals surface area contributed by atoms with Gasteiger partial charge in [0, 0.05) is 18.1 Å². The van der Waals surface area contributed by atoms with Crippen LogP contribution in [0.25, 0.3) is 0 Å². The van der Waals surface area contributed by atoms with Gasteiger partial charge in [-0.3, -0.25) is 0 Å². The first-order chi connectivity index (χ1) is 6.93. The molecule has 8 heteroatoms. The number of hydrogen-bond acceptors (Lipinski definition) is 5. The van der Waals surface area contributed by atoms with Crippen molar-refractivity contribution in [3.8, 4) is 5.19 Å². The zero-order valence-electron chi connectivity index (χ0n) is 8.13. The SMILES string of the molecule is CNCC(C)Oc1nc(C(F)(F)F)ns1. The van der Waals surface area contributed by atoms with Crippen LogP contribution in [0.5, 0.6) is 5.19 Å². The number of likely N-dealkylation sites (N-methyl/N-ethyl adjacent to an activating group) is 1. The lowest BCUT2D eigenvalue weighted by Gasteiger charge is -2.10. The first-order valence-electron chi connectivity index (χ1n) is 4.15. The van der Waals surface area contributed by atoms with Crippen molar-refractivity contribution in [1.82, 2.24) is 14.7 Å². The van der Waals surface area contributed by atoms with Crippen molar-refractivity contribution in [1.29, 1.82) is 0 Å². The Kier molecular flexibility index (Phi) is 3.86. The van der Waals surface area contributed by atoms with Crippen LogP contribution in [0.15, 0.2) is 0 Å². The van der Waals surface area contributed by atoms with Crippen molar-refractivity contribution in [2.45, 2.75) is 19.2 Å². The molecule has 4 nitrogen and oxygen atoms in total. The fourth-order valence-electron chi connectivity index (χ4n) is 0.874. The highest BCUT2D eigenvalue weighted by Gasteiger charge is 2.36. The largest absolute Gasteiger partial charge is 0.465 e. The number of rotatable bonds is 4. The Labute approximate surface area is 88.6 Å². The number of aromatic nitrogens is 2. The molecule has 0 radical (unpaired) electrons. The van der Waals surface area contributed by atoms with E-state index in [-0.39, 0.29) is 11.3 Å². The lowest BCUT2D eigenvalue weighted by Crippen LogP contribution is -2.26. The van der Waals surface area contributed by atoms with Crippen LogP contribution in [0.3, 0.4) is 0 Å². The summed E-state index contributed by atoms with van der Waals surface area (Å²) < 4.78 is 44.6. The number of nitrogens with zero attached hydrogens (tertiary/aromatic N) is 2. The normalized spacial score (nSPS) is 13.9. The second-order valence-corrected chi connectivity index (χ2v) is 3.58. The average Bonchev–Trinajstić information content (AvgIpc) is 2.52. The van der Waals surface area contributed by atoms with Crippen molar-refractivity contribution >= 4 is 11.5 Å². The van der Waals surface area contributed by atoms with Gasteiger partial charge in [-0.2, -0.15) is 22.5 Å². The van der Waals surface area contributed by atoms with E-state index in [2.05, 4.69) is 14.7 Å². The van der Waals surface area contributed by atoms with Crippen molar-refractivity contribution in [3.63, 3.8) is 0 Å². The van der Waals surface area contributed by atoms with Crippen molar-refractivity contribution in [3.05, 3.63) is 5.82 Å². The lowest BCUT2D eigenvalue weighted by atomic mass is 10.4. The van der Waals surface area contributed by atoms with E-state index < -0.39 is 12.0 Å². The maximum atomic E-state index is 12.1. The molecule has 1 N–H and O–H groups in total. The molecule has 0 bridgehead atoms. The van der Waals surface area contributed by atoms with Crippen molar-refractivity contribution in [2.75, 3.05) is 13.6 Å². The zero-order chi connectivity index (χ0) is 11.5. The molecule has 1 unspecified atom stereocenters. The van der Waals surface area contributed by atoms with Gasteiger partial charge in [0.2, 0.25) is 0 Å². The molecular weight excluding hydrogens is 231 g/mol. The highest BCUT2D eigenvalue weighted by atomic mass is 32.1. The first-order valence-corrected chi connectivity index (χ1v) is 4.93. The molecule has 0 saturated carbocycles. The minimum atomic E-state index is -4.51. The van der Waals surface area contributed by atoms with E-state index in [9.17, 15) is 13.2 Å². The first kappa shape index (κ1) is 12.2. The van der Waals surface area contributed by atoms with Crippen LogP contribution in [0.2, 0.25) is 0 Å². The summed E-state index contributed by atoms with van der Waals surface area (Å²) >= 11 is 0.599. The van der Waals surface area contributed by atoms with Crippen LogP contribution in [-0.2, 0) is 6.18 Å². The Bertz CT molecular complexity index is 315. The average molecular weight is 241 g/mol. The molecule has 86 valence electrons. The van der Waals surface area contributed by atoms with Crippen LogP contribution >= 0.6 is 11.5 Å². The summed E-state index contributed by atoms with van der Waals surface area (Å²) in [6.07, 6.45) is -4.76. The molecule has 1 aromatic heterocycles. The third-order valence-electron chi connectivity index (χ3n) is 1.45. The number of ether oxygens (including phenoxy) is 1. The van der Waals surface area contributed by atoms with Gasteiger partial charge < -0.3 is 10.1 Å². The standard InChI is InChI=1S/C7H10F3N3OS/c1-4(3-11-2)14-6-12-5(13-15-6)7(8,9)10/h4,11H,3H2,1-2H3. The van der Waals surface area contributed by atoms with E-state index >= 15 is 0 Å². The lowest BCUT2D eigenvalue weighted by molar-refractivity contribution is -0.144. The Morgan fingerprint density at radius 2 is 2.20 bits per heavy atom. The Morgan fingerprint density at radius 3 is 2.67 bits per heavy atom. The molecule has 0 spiro atoms. The summed E-state index contributed by atoms with van der Waals surface area (Å²) in [5.41, 5.74) is 0. The highest BCUT2D eigenvalue weighted by Crippen LogP contribution is 2.29. The van der Waals surface area contributed by atoms with Gasteiger partial charge in [-0.05, 0) is 14.0 Å². The van der Waals surface area contributed by atoms with E-state index in [0.29, 0.717) is 18.1 Å².